The fourth-order valence-electron chi connectivity index (χ4n) is 3.98. The molecule has 1 unspecified atom stereocenters. The van der Waals surface area contributed by atoms with E-state index in [0.29, 0.717) is 12.2 Å². The van der Waals surface area contributed by atoms with Gasteiger partial charge in [0.2, 0.25) is 11.7 Å². The number of amides is 1. The zero-order valence-electron chi connectivity index (χ0n) is 19.4. The highest BCUT2D eigenvalue weighted by Gasteiger charge is 2.32. The van der Waals surface area contributed by atoms with Gasteiger partial charge in [-0.2, -0.15) is 5.21 Å². The molecule has 33 heavy (non-hydrogen) atoms. The van der Waals surface area contributed by atoms with E-state index in [0.717, 1.165) is 41.5 Å². The van der Waals surface area contributed by atoms with Gasteiger partial charge in [-0.25, -0.2) is 4.79 Å². The van der Waals surface area contributed by atoms with E-state index in [2.05, 4.69) is 27.5 Å². The number of unbranched alkanes of at least 4 members (excludes halogenated alkanes) is 2. The molecule has 1 amide bonds. The molecule has 0 saturated heterocycles. The van der Waals surface area contributed by atoms with Gasteiger partial charge in [-0.05, 0) is 34.2 Å². The smallest absolute Gasteiger partial charge is 0.326 e. The van der Waals surface area contributed by atoms with E-state index in [-0.39, 0.29) is 18.4 Å². The number of carbonyl (C=O) groups excluding carboxylic acids is 1. The Morgan fingerprint density at radius 1 is 1.03 bits per heavy atom. The highest BCUT2D eigenvalue weighted by atomic mass is 16.4. The second kappa shape index (κ2) is 11.4. The van der Waals surface area contributed by atoms with Crippen molar-refractivity contribution in [3.05, 3.63) is 54.1 Å². The Labute approximate surface area is 194 Å². The van der Waals surface area contributed by atoms with Gasteiger partial charge in [0.25, 0.3) is 0 Å². The summed E-state index contributed by atoms with van der Waals surface area (Å²) in [6, 6.07) is 14.7. The van der Waals surface area contributed by atoms with Crippen molar-refractivity contribution in [1.82, 2.24) is 25.5 Å². The molecule has 2 N–H and O–H groups in total. The lowest BCUT2D eigenvalue weighted by Gasteiger charge is -2.32. The minimum absolute atomic E-state index is 0.115. The van der Waals surface area contributed by atoms with Crippen molar-refractivity contribution in [2.75, 3.05) is 0 Å². The Bertz CT molecular complexity index is 1050. The average Bonchev–Trinajstić information content (AvgIpc) is 3.33. The van der Waals surface area contributed by atoms with Crippen molar-refractivity contribution >= 4 is 11.9 Å². The third-order valence-corrected chi connectivity index (χ3v) is 5.67. The van der Waals surface area contributed by atoms with Crippen LogP contribution in [-0.4, -0.2) is 48.5 Å². The van der Waals surface area contributed by atoms with Crippen molar-refractivity contribution in [3.63, 3.8) is 0 Å². The van der Waals surface area contributed by atoms with Crippen LogP contribution in [0.4, 0.5) is 0 Å². The van der Waals surface area contributed by atoms with E-state index in [1.54, 1.807) is 0 Å². The maximum absolute atomic E-state index is 13.0. The Morgan fingerprint density at radius 3 is 2.30 bits per heavy atom. The van der Waals surface area contributed by atoms with Crippen LogP contribution in [0.3, 0.4) is 0 Å². The quantitative estimate of drug-likeness (QED) is 0.415. The molecule has 8 heteroatoms. The summed E-state index contributed by atoms with van der Waals surface area (Å²) in [4.78, 5) is 26.5. The molecule has 1 atom stereocenters. The van der Waals surface area contributed by atoms with Gasteiger partial charge in [0.1, 0.15) is 6.04 Å². The van der Waals surface area contributed by atoms with Gasteiger partial charge in [-0.3, -0.25) is 4.79 Å². The Hall–Kier alpha value is -3.55. The lowest BCUT2D eigenvalue weighted by atomic mass is 9.97. The van der Waals surface area contributed by atoms with Gasteiger partial charge >= 0.3 is 5.97 Å². The zero-order chi connectivity index (χ0) is 23.8. The summed E-state index contributed by atoms with van der Waals surface area (Å²) in [6.07, 6.45) is 3.09. The number of aromatic amines is 1. The molecule has 174 valence electrons. The Kier molecular flexibility index (Phi) is 8.29. The van der Waals surface area contributed by atoms with Crippen molar-refractivity contribution in [3.8, 4) is 22.5 Å². The number of benzene rings is 2. The van der Waals surface area contributed by atoms with Crippen LogP contribution in [0.15, 0.2) is 48.5 Å². The van der Waals surface area contributed by atoms with Gasteiger partial charge in [-0.1, -0.05) is 82.1 Å². The van der Waals surface area contributed by atoms with Crippen molar-refractivity contribution in [1.29, 1.82) is 0 Å². The molecule has 3 aromatic rings. The number of aliphatic carboxylic acids is 1. The molecule has 1 aromatic heterocycles. The number of aromatic nitrogens is 4. The maximum atomic E-state index is 13.0. The molecule has 3 rings (SSSR count). The zero-order valence-corrected chi connectivity index (χ0v) is 19.4. The number of nitrogens with one attached hydrogen (secondary N) is 1. The lowest BCUT2D eigenvalue weighted by Crippen LogP contribution is -2.47. The van der Waals surface area contributed by atoms with E-state index >= 15 is 0 Å². The standard InChI is InChI=1S/C25H31N5O3/c1-4-5-6-11-22(31)30(23(17(2)3)25(32)33)16-18-12-14-19(15-13-18)20-9-7-8-10-21(20)24-26-28-29-27-24/h7-10,12-15,17,23H,4-6,11,16H2,1-3H3,(H,32,33)(H,26,27,28,29). The van der Waals surface area contributed by atoms with Gasteiger partial charge in [0.05, 0.1) is 0 Å². The third kappa shape index (κ3) is 6.03. The number of nitrogens with zero attached hydrogens (tertiary/aromatic N) is 4. The Balaban J connectivity index is 1.85. The van der Waals surface area contributed by atoms with E-state index in [1.165, 1.54) is 4.90 Å². The van der Waals surface area contributed by atoms with Crippen molar-refractivity contribution < 1.29 is 14.7 Å². The predicted octanol–water partition coefficient (Wildman–Crippen LogP) is 4.55. The second-order valence-electron chi connectivity index (χ2n) is 8.48. The summed E-state index contributed by atoms with van der Waals surface area (Å²) in [5, 5.41) is 24.1. The third-order valence-electron chi connectivity index (χ3n) is 5.67. The number of carboxylic acids is 1. The van der Waals surface area contributed by atoms with Crippen LogP contribution >= 0.6 is 0 Å². The fourth-order valence-corrected chi connectivity index (χ4v) is 3.98. The summed E-state index contributed by atoms with van der Waals surface area (Å²) >= 11 is 0. The van der Waals surface area contributed by atoms with E-state index in [9.17, 15) is 14.7 Å². The first-order valence-electron chi connectivity index (χ1n) is 11.4. The van der Waals surface area contributed by atoms with Crippen LogP contribution in [0.5, 0.6) is 0 Å². The lowest BCUT2D eigenvalue weighted by molar-refractivity contribution is -0.153. The summed E-state index contributed by atoms with van der Waals surface area (Å²) in [7, 11) is 0. The van der Waals surface area contributed by atoms with Gasteiger partial charge in [-0.15, -0.1) is 10.2 Å². The van der Waals surface area contributed by atoms with Crippen LogP contribution in [0.1, 0.15) is 52.0 Å². The number of hydrogen-bond donors (Lipinski definition) is 2. The molecule has 8 nitrogen and oxygen atoms in total. The van der Waals surface area contributed by atoms with Crippen LogP contribution < -0.4 is 0 Å². The summed E-state index contributed by atoms with van der Waals surface area (Å²) in [6.45, 7) is 6.01. The highest BCUT2D eigenvalue weighted by molar-refractivity contribution is 5.84. The molecule has 0 aliphatic rings. The fraction of sp³-hybridized carbons (Fsp3) is 0.400. The normalized spacial score (nSPS) is 12.0. The molecule has 1 heterocycles. The SMILES string of the molecule is CCCCCC(=O)N(Cc1ccc(-c2ccccc2-c2nn[nH]n2)cc1)C(C(=O)O)C(C)C. The van der Waals surface area contributed by atoms with E-state index in [1.807, 2.05) is 62.4 Å². The number of rotatable bonds is 11. The molecular formula is C25H31N5O3. The Morgan fingerprint density at radius 2 is 1.73 bits per heavy atom. The highest BCUT2D eigenvalue weighted by Crippen LogP contribution is 2.30. The number of hydrogen-bond acceptors (Lipinski definition) is 5. The molecule has 0 radical (unpaired) electrons. The van der Waals surface area contributed by atoms with Crippen molar-refractivity contribution in [2.24, 2.45) is 5.92 Å². The molecule has 2 aromatic carbocycles. The monoisotopic (exact) mass is 449 g/mol. The van der Waals surface area contributed by atoms with Crippen LogP contribution in [-0.2, 0) is 16.1 Å². The van der Waals surface area contributed by atoms with Crippen molar-refractivity contribution in [2.45, 2.75) is 59.0 Å². The number of tetrazole rings is 1. The number of carboxylic acid groups (broad SMARTS) is 1. The van der Waals surface area contributed by atoms with E-state index in [4.69, 9.17) is 0 Å². The maximum Gasteiger partial charge on any atom is 0.326 e. The summed E-state index contributed by atoms with van der Waals surface area (Å²) in [5.74, 6) is -0.769. The van der Waals surface area contributed by atoms with Gasteiger partial charge in [0, 0.05) is 18.5 Å². The van der Waals surface area contributed by atoms with Crippen LogP contribution in [0, 0.1) is 5.92 Å². The molecule has 0 saturated carbocycles. The first kappa shape index (κ1) is 24.1. The minimum Gasteiger partial charge on any atom is -0.480 e. The summed E-state index contributed by atoms with van der Waals surface area (Å²) in [5.41, 5.74) is 3.67. The molecule has 0 aliphatic carbocycles. The second-order valence-corrected chi connectivity index (χ2v) is 8.48. The van der Waals surface area contributed by atoms with E-state index < -0.39 is 12.0 Å². The minimum atomic E-state index is -0.973. The van der Waals surface area contributed by atoms with Crippen LogP contribution in [0.25, 0.3) is 22.5 Å². The average molecular weight is 450 g/mol. The molecule has 0 aliphatic heterocycles. The van der Waals surface area contributed by atoms with Crippen LogP contribution in [0.2, 0.25) is 0 Å². The molecular weight excluding hydrogens is 418 g/mol. The first-order valence-corrected chi connectivity index (χ1v) is 11.4. The molecule has 0 spiro atoms. The van der Waals surface area contributed by atoms with Gasteiger partial charge < -0.3 is 10.0 Å². The topological polar surface area (TPSA) is 112 Å². The number of carbonyl (C=O) groups is 2. The first-order chi connectivity index (χ1) is 15.9. The predicted molar refractivity (Wildman–Crippen MR) is 126 cm³/mol. The largest absolute Gasteiger partial charge is 0.480 e. The molecule has 0 bridgehead atoms. The molecule has 0 fully saturated rings. The number of H-pyrrole nitrogens is 1. The summed E-state index contributed by atoms with van der Waals surface area (Å²) < 4.78 is 0. The van der Waals surface area contributed by atoms with Gasteiger partial charge in [0.15, 0.2) is 0 Å².